The first-order valence-electron chi connectivity index (χ1n) is 8.93. The van der Waals surface area contributed by atoms with Gasteiger partial charge in [0.2, 0.25) is 0 Å². The molecular formula is C22H16F3N3O. The zero-order valence-electron chi connectivity index (χ0n) is 15.4. The normalized spacial score (nSPS) is 12.7. The molecule has 0 bridgehead atoms. The second-order valence-electron chi connectivity index (χ2n) is 6.74. The first-order chi connectivity index (χ1) is 13.8. The lowest BCUT2D eigenvalue weighted by Gasteiger charge is -2.12. The van der Waals surface area contributed by atoms with Gasteiger partial charge in [-0.3, -0.25) is 14.8 Å². The zero-order chi connectivity index (χ0) is 20.6. The number of aliphatic imine (C=N–C) groups is 1. The number of aromatic nitrogens is 1. The smallest absolute Gasteiger partial charge is 0.322 e. The first-order valence-corrected chi connectivity index (χ1v) is 8.93. The molecule has 0 atom stereocenters. The Labute approximate surface area is 165 Å². The predicted octanol–water partition coefficient (Wildman–Crippen LogP) is 5.59. The van der Waals surface area contributed by atoms with Gasteiger partial charge in [-0.1, -0.05) is 12.1 Å². The minimum absolute atomic E-state index is 0.0604. The van der Waals surface area contributed by atoms with Crippen LogP contribution in [-0.2, 0) is 12.6 Å². The van der Waals surface area contributed by atoms with Gasteiger partial charge >= 0.3 is 6.18 Å². The van der Waals surface area contributed by atoms with E-state index in [-0.39, 0.29) is 5.56 Å². The van der Waals surface area contributed by atoms with Gasteiger partial charge in [0.05, 0.1) is 22.6 Å². The van der Waals surface area contributed by atoms with Crippen LogP contribution in [0.2, 0.25) is 0 Å². The van der Waals surface area contributed by atoms with Crippen molar-refractivity contribution in [3.63, 3.8) is 0 Å². The van der Waals surface area contributed by atoms with E-state index in [0.29, 0.717) is 12.1 Å². The number of nitrogens with one attached hydrogen (secondary N) is 1. The van der Waals surface area contributed by atoms with E-state index in [9.17, 15) is 18.0 Å². The summed E-state index contributed by atoms with van der Waals surface area (Å²) < 4.78 is 38.7. The molecule has 0 spiro atoms. The Hall–Kier alpha value is -3.48. The fourth-order valence-corrected chi connectivity index (χ4v) is 3.16. The fourth-order valence-electron chi connectivity index (χ4n) is 3.16. The summed E-state index contributed by atoms with van der Waals surface area (Å²) in [5, 5.41) is 2.67. The summed E-state index contributed by atoms with van der Waals surface area (Å²) in [5.41, 5.74) is 3.85. The maximum absolute atomic E-state index is 12.9. The Morgan fingerprint density at radius 3 is 2.69 bits per heavy atom. The fraction of sp³-hybridized carbons (Fsp3) is 0.136. The SMILES string of the molecule is Cc1ccc(NC(=O)c2cccc(C(F)(F)F)c2)cc1-c1ccc2c(n1)CC=N2. The minimum Gasteiger partial charge on any atom is -0.322 e. The van der Waals surface area contributed by atoms with Crippen molar-refractivity contribution >= 4 is 23.5 Å². The Morgan fingerprint density at radius 1 is 1.07 bits per heavy atom. The number of carbonyl (C=O) groups is 1. The number of fused-ring (bicyclic) bond motifs is 1. The Bertz CT molecular complexity index is 1140. The van der Waals surface area contributed by atoms with Crippen molar-refractivity contribution in [1.82, 2.24) is 4.98 Å². The van der Waals surface area contributed by atoms with Crippen LogP contribution in [0.15, 0.2) is 59.6 Å². The van der Waals surface area contributed by atoms with Crippen molar-refractivity contribution in [2.45, 2.75) is 19.5 Å². The number of alkyl halides is 3. The molecule has 29 heavy (non-hydrogen) atoms. The maximum Gasteiger partial charge on any atom is 0.416 e. The van der Waals surface area contributed by atoms with Crippen LogP contribution in [0.5, 0.6) is 0 Å². The molecule has 1 N–H and O–H groups in total. The number of nitrogens with zero attached hydrogens (tertiary/aromatic N) is 2. The summed E-state index contributed by atoms with van der Waals surface area (Å²) in [7, 11) is 0. The molecule has 4 rings (SSSR count). The zero-order valence-corrected chi connectivity index (χ0v) is 15.4. The standard InChI is InChI=1S/C22H16F3N3O/c1-13-5-6-16(12-17(13)18-7-8-19-20(28-18)9-10-26-19)27-21(29)14-3-2-4-15(11-14)22(23,24)25/h2-8,10-12H,9H2,1H3,(H,27,29). The second-order valence-corrected chi connectivity index (χ2v) is 6.74. The predicted molar refractivity (Wildman–Crippen MR) is 106 cm³/mol. The first kappa shape index (κ1) is 18.9. The van der Waals surface area contributed by atoms with Crippen molar-refractivity contribution in [1.29, 1.82) is 0 Å². The molecule has 4 nitrogen and oxygen atoms in total. The average molecular weight is 395 g/mol. The number of rotatable bonds is 3. The third kappa shape index (κ3) is 3.89. The number of amides is 1. The monoisotopic (exact) mass is 395 g/mol. The summed E-state index contributed by atoms with van der Waals surface area (Å²) in [6.07, 6.45) is -2.02. The summed E-state index contributed by atoms with van der Waals surface area (Å²) in [6.45, 7) is 1.93. The minimum atomic E-state index is -4.50. The Morgan fingerprint density at radius 2 is 1.90 bits per heavy atom. The molecule has 2 heterocycles. The van der Waals surface area contributed by atoms with Gasteiger partial charge in [-0.2, -0.15) is 13.2 Å². The van der Waals surface area contributed by atoms with Gasteiger partial charge in [0.25, 0.3) is 5.91 Å². The summed E-state index contributed by atoms with van der Waals surface area (Å²) in [6, 6.07) is 13.4. The number of carbonyl (C=O) groups excluding carboxylic acids is 1. The molecule has 0 aliphatic carbocycles. The van der Waals surface area contributed by atoms with Gasteiger partial charge in [0.1, 0.15) is 0 Å². The molecular weight excluding hydrogens is 379 g/mol. The molecule has 0 radical (unpaired) electrons. The van der Waals surface area contributed by atoms with E-state index in [2.05, 4.69) is 15.3 Å². The Balaban J connectivity index is 1.61. The summed E-state index contributed by atoms with van der Waals surface area (Å²) in [4.78, 5) is 21.4. The molecule has 7 heteroatoms. The lowest BCUT2D eigenvalue weighted by Crippen LogP contribution is -2.14. The highest BCUT2D eigenvalue weighted by molar-refractivity contribution is 6.04. The van der Waals surface area contributed by atoms with E-state index in [1.807, 2.05) is 25.1 Å². The summed E-state index contributed by atoms with van der Waals surface area (Å²) in [5.74, 6) is -0.610. The molecule has 146 valence electrons. The van der Waals surface area contributed by atoms with E-state index in [1.54, 1.807) is 18.3 Å². The molecule has 1 aliphatic rings. The van der Waals surface area contributed by atoms with Crippen LogP contribution in [0.25, 0.3) is 11.3 Å². The van der Waals surface area contributed by atoms with Crippen LogP contribution < -0.4 is 5.32 Å². The van der Waals surface area contributed by atoms with Crippen LogP contribution in [-0.4, -0.2) is 17.1 Å². The van der Waals surface area contributed by atoms with Gasteiger partial charge in [-0.15, -0.1) is 0 Å². The van der Waals surface area contributed by atoms with Crippen molar-refractivity contribution in [3.8, 4) is 11.3 Å². The molecule has 1 amide bonds. The Kier molecular flexibility index (Phi) is 4.66. The van der Waals surface area contributed by atoms with Gasteiger partial charge in [-0.25, -0.2) is 0 Å². The van der Waals surface area contributed by atoms with Crippen LogP contribution in [0, 0.1) is 6.92 Å². The number of anilines is 1. The number of pyridine rings is 1. The van der Waals surface area contributed by atoms with Gasteiger partial charge in [0, 0.05) is 29.4 Å². The number of hydrogen-bond acceptors (Lipinski definition) is 3. The van der Waals surface area contributed by atoms with Gasteiger partial charge in [0.15, 0.2) is 0 Å². The number of aryl methyl sites for hydroxylation is 1. The van der Waals surface area contributed by atoms with Crippen LogP contribution in [0.1, 0.15) is 27.2 Å². The molecule has 2 aromatic carbocycles. The van der Waals surface area contributed by atoms with Gasteiger partial charge < -0.3 is 5.32 Å². The molecule has 0 saturated carbocycles. The lowest BCUT2D eigenvalue weighted by atomic mass is 10.0. The lowest BCUT2D eigenvalue weighted by molar-refractivity contribution is -0.137. The molecule has 0 saturated heterocycles. The van der Waals surface area contributed by atoms with E-state index < -0.39 is 17.6 Å². The summed E-state index contributed by atoms with van der Waals surface area (Å²) >= 11 is 0. The number of benzene rings is 2. The van der Waals surface area contributed by atoms with E-state index >= 15 is 0 Å². The van der Waals surface area contributed by atoms with Gasteiger partial charge in [-0.05, 0) is 55.0 Å². The van der Waals surface area contributed by atoms with E-state index in [4.69, 9.17) is 0 Å². The van der Waals surface area contributed by atoms with Crippen molar-refractivity contribution in [2.75, 3.05) is 5.32 Å². The maximum atomic E-state index is 12.9. The number of halogens is 3. The molecule has 0 fully saturated rings. The highest BCUT2D eigenvalue weighted by Gasteiger charge is 2.30. The van der Waals surface area contributed by atoms with E-state index in [0.717, 1.165) is 40.3 Å². The van der Waals surface area contributed by atoms with Crippen molar-refractivity contribution in [3.05, 3.63) is 77.0 Å². The highest BCUT2D eigenvalue weighted by Crippen LogP contribution is 2.31. The third-order valence-corrected chi connectivity index (χ3v) is 4.69. The number of hydrogen-bond donors (Lipinski definition) is 1. The molecule has 3 aromatic rings. The quantitative estimate of drug-likeness (QED) is 0.629. The largest absolute Gasteiger partial charge is 0.416 e. The van der Waals surface area contributed by atoms with Crippen LogP contribution in [0.4, 0.5) is 24.5 Å². The average Bonchev–Trinajstić information content (AvgIpc) is 3.16. The van der Waals surface area contributed by atoms with Crippen LogP contribution >= 0.6 is 0 Å². The third-order valence-electron chi connectivity index (χ3n) is 4.69. The second kappa shape index (κ2) is 7.16. The molecule has 1 aliphatic heterocycles. The molecule has 0 unspecified atom stereocenters. The van der Waals surface area contributed by atoms with Crippen LogP contribution in [0.3, 0.4) is 0 Å². The highest BCUT2D eigenvalue weighted by atomic mass is 19.4. The van der Waals surface area contributed by atoms with Crippen molar-refractivity contribution in [2.24, 2.45) is 4.99 Å². The molecule has 1 aromatic heterocycles. The van der Waals surface area contributed by atoms with Crippen molar-refractivity contribution < 1.29 is 18.0 Å². The van der Waals surface area contributed by atoms with E-state index in [1.165, 1.54) is 12.1 Å². The topological polar surface area (TPSA) is 54.4 Å².